The molecule has 0 aliphatic carbocycles. The molecule has 24 heavy (non-hydrogen) atoms. The molecule has 1 amide bonds. The lowest BCUT2D eigenvalue weighted by molar-refractivity contribution is 0.0997. The molecular weight excluding hydrogens is 310 g/mol. The highest BCUT2D eigenvalue weighted by Crippen LogP contribution is 2.26. The number of primary amides is 1. The maximum Gasteiger partial charge on any atom is 0.252 e. The van der Waals surface area contributed by atoms with E-state index in [2.05, 4.69) is 0 Å². The van der Waals surface area contributed by atoms with E-state index in [1.807, 2.05) is 0 Å². The number of ketones is 1. The number of hydrogen-bond acceptors (Lipinski definition) is 5. The molecule has 2 rings (SSSR count). The van der Waals surface area contributed by atoms with Crippen molar-refractivity contribution in [3.63, 3.8) is 0 Å². The van der Waals surface area contributed by atoms with Crippen LogP contribution in [0.1, 0.15) is 26.3 Å². The van der Waals surface area contributed by atoms with Gasteiger partial charge in [-0.3, -0.25) is 9.59 Å². The van der Waals surface area contributed by atoms with Crippen LogP contribution in [0.15, 0.2) is 42.5 Å². The highest BCUT2D eigenvalue weighted by Gasteiger charge is 2.11. The Bertz CT molecular complexity index is 811. The van der Waals surface area contributed by atoms with Crippen molar-refractivity contribution in [2.24, 2.45) is 5.73 Å². The minimum absolute atomic E-state index is 0.101. The summed E-state index contributed by atoms with van der Waals surface area (Å²) in [7, 11) is 3.07. The minimum Gasteiger partial charge on any atom is -0.507 e. The Balaban J connectivity index is 2.28. The number of rotatable bonds is 6. The van der Waals surface area contributed by atoms with Crippen molar-refractivity contribution in [1.29, 1.82) is 0 Å². The van der Waals surface area contributed by atoms with Crippen molar-refractivity contribution in [2.75, 3.05) is 14.2 Å². The summed E-state index contributed by atoms with van der Waals surface area (Å²) >= 11 is 0. The van der Waals surface area contributed by atoms with E-state index < -0.39 is 5.91 Å². The van der Waals surface area contributed by atoms with E-state index in [9.17, 15) is 14.7 Å². The van der Waals surface area contributed by atoms with E-state index in [1.165, 1.54) is 31.4 Å². The molecule has 0 aliphatic heterocycles. The third-order valence-corrected chi connectivity index (χ3v) is 3.40. The number of carbonyl (C=O) groups is 2. The normalized spacial score (nSPS) is 10.6. The average molecular weight is 327 g/mol. The van der Waals surface area contributed by atoms with Gasteiger partial charge in [0.15, 0.2) is 5.78 Å². The first-order valence-corrected chi connectivity index (χ1v) is 7.03. The number of amides is 1. The van der Waals surface area contributed by atoms with Crippen LogP contribution in [0.25, 0.3) is 6.08 Å². The topological polar surface area (TPSA) is 98.9 Å². The fraction of sp³-hybridized carbons (Fsp3) is 0.111. The zero-order valence-electron chi connectivity index (χ0n) is 13.3. The Kier molecular flexibility index (Phi) is 5.21. The van der Waals surface area contributed by atoms with Crippen LogP contribution in [0.2, 0.25) is 0 Å². The molecule has 0 saturated heterocycles. The summed E-state index contributed by atoms with van der Waals surface area (Å²) in [6.45, 7) is 0. The van der Waals surface area contributed by atoms with Crippen molar-refractivity contribution >= 4 is 17.8 Å². The summed E-state index contributed by atoms with van der Waals surface area (Å²) in [6.07, 6.45) is 2.94. The van der Waals surface area contributed by atoms with E-state index in [4.69, 9.17) is 15.2 Å². The quantitative estimate of drug-likeness (QED) is 0.627. The molecule has 2 aromatic rings. The fourth-order valence-corrected chi connectivity index (χ4v) is 2.10. The molecule has 0 unspecified atom stereocenters. The van der Waals surface area contributed by atoms with Crippen LogP contribution in [-0.4, -0.2) is 31.0 Å². The summed E-state index contributed by atoms with van der Waals surface area (Å²) in [5.41, 5.74) is 5.99. The largest absolute Gasteiger partial charge is 0.507 e. The molecule has 6 heteroatoms. The van der Waals surface area contributed by atoms with Gasteiger partial charge in [-0.25, -0.2) is 0 Å². The molecule has 3 N–H and O–H groups in total. The van der Waals surface area contributed by atoms with Gasteiger partial charge in [-0.2, -0.15) is 0 Å². The molecule has 0 saturated carbocycles. The van der Waals surface area contributed by atoms with Gasteiger partial charge < -0.3 is 20.3 Å². The number of phenols is 1. The van der Waals surface area contributed by atoms with Gasteiger partial charge in [0, 0.05) is 17.2 Å². The molecule has 6 nitrogen and oxygen atoms in total. The molecule has 0 radical (unpaired) electrons. The Hall–Kier alpha value is -3.28. The van der Waals surface area contributed by atoms with Gasteiger partial charge in [0.25, 0.3) is 5.91 Å². The van der Waals surface area contributed by atoms with E-state index in [-0.39, 0.29) is 22.7 Å². The minimum atomic E-state index is -0.803. The maximum atomic E-state index is 12.2. The van der Waals surface area contributed by atoms with E-state index >= 15 is 0 Å². The summed E-state index contributed by atoms with van der Waals surface area (Å²) in [4.78, 5) is 23.5. The first kappa shape index (κ1) is 17.1. The molecule has 124 valence electrons. The van der Waals surface area contributed by atoms with Crippen molar-refractivity contribution in [1.82, 2.24) is 0 Å². The summed E-state index contributed by atoms with van der Waals surface area (Å²) in [6, 6.07) is 9.14. The Morgan fingerprint density at radius 3 is 2.46 bits per heavy atom. The molecule has 0 bridgehead atoms. The summed E-state index contributed by atoms with van der Waals surface area (Å²) in [5.74, 6) is -0.208. The van der Waals surface area contributed by atoms with Gasteiger partial charge in [0.05, 0.1) is 19.8 Å². The van der Waals surface area contributed by atoms with Gasteiger partial charge >= 0.3 is 0 Å². The predicted molar refractivity (Wildman–Crippen MR) is 89.5 cm³/mol. The lowest BCUT2D eigenvalue weighted by Crippen LogP contribution is -2.12. The van der Waals surface area contributed by atoms with Gasteiger partial charge in [-0.05, 0) is 42.5 Å². The van der Waals surface area contributed by atoms with Gasteiger partial charge in [-0.15, -0.1) is 0 Å². The Morgan fingerprint density at radius 2 is 1.83 bits per heavy atom. The number of methoxy groups -OCH3 is 2. The maximum absolute atomic E-state index is 12.2. The molecule has 2 aromatic carbocycles. The van der Waals surface area contributed by atoms with E-state index in [1.54, 1.807) is 31.4 Å². The second-order valence-corrected chi connectivity index (χ2v) is 4.90. The number of benzene rings is 2. The zero-order valence-corrected chi connectivity index (χ0v) is 13.3. The van der Waals surface area contributed by atoms with E-state index in [0.29, 0.717) is 17.1 Å². The lowest BCUT2D eigenvalue weighted by Gasteiger charge is -2.07. The second kappa shape index (κ2) is 7.32. The SMILES string of the molecule is COc1ccc(C=CC(=O)c2ccc(O)c(C(N)=O)c2)c(OC)c1. The van der Waals surface area contributed by atoms with Crippen molar-refractivity contribution in [3.8, 4) is 17.2 Å². The molecule has 0 fully saturated rings. The van der Waals surface area contributed by atoms with Crippen molar-refractivity contribution in [3.05, 3.63) is 59.2 Å². The van der Waals surface area contributed by atoms with Crippen LogP contribution < -0.4 is 15.2 Å². The second-order valence-electron chi connectivity index (χ2n) is 4.90. The fourth-order valence-electron chi connectivity index (χ4n) is 2.10. The summed E-state index contributed by atoms with van der Waals surface area (Å²) < 4.78 is 10.4. The highest BCUT2D eigenvalue weighted by molar-refractivity contribution is 6.08. The van der Waals surface area contributed by atoms with Crippen LogP contribution in [0.3, 0.4) is 0 Å². The molecule has 0 spiro atoms. The van der Waals surface area contributed by atoms with Gasteiger partial charge in [-0.1, -0.05) is 0 Å². The molecule has 0 atom stereocenters. The van der Waals surface area contributed by atoms with Gasteiger partial charge in [0.1, 0.15) is 17.2 Å². The monoisotopic (exact) mass is 327 g/mol. The van der Waals surface area contributed by atoms with Crippen molar-refractivity contribution < 1.29 is 24.2 Å². The zero-order chi connectivity index (χ0) is 17.7. The van der Waals surface area contributed by atoms with E-state index in [0.717, 1.165) is 0 Å². The number of nitrogens with two attached hydrogens (primary N) is 1. The number of ether oxygens (including phenoxy) is 2. The first-order valence-electron chi connectivity index (χ1n) is 7.03. The number of hydrogen-bond donors (Lipinski definition) is 2. The molecule has 0 aromatic heterocycles. The van der Waals surface area contributed by atoms with Crippen LogP contribution >= 0.6 is 0 Å². The lowest BCUT2D eigenvalue weighted by atomic mass is 10.0. The smallest absolute Gasteiger partial charge is 0.252 e. The Labute approximate surface area is 139 Å². The third-order valence-electron chi connectivity index (χ3n) is 3.40. The third kappa shape index (κ3) is 3.73. The predicted octanol–water partition coefficient (Wildman–Crippen LogP) is 2.40. The number of carbonyl (C=O) groups excluding carboxylic acids is 2. The van der Waals surface area contributed by atoms with Crippen LogP contribution in [-0.2, 0) is 0 Å². The molecule has 0 aliphatic rings. The van der Waals surface area contributed by atoms with Crippen LogP contribution in [0.4, 0.5) is 0 Å². The molecular formula is C18H17NO5. The number of aromatic hydroxyl groups is 1. The standard InChI is InChI=1S/C18H17NO5/c1-23-13-6-3-11(17(10-13)24-2)4-7-15(20)12-5-8-16(21)14(9-12)18(19)22/h3-10,21H,1-2H3,(H2,19,22). The van der Waals surface area contributed by atoms with Gasteiger partial charge in [0.2, 0.25) is 0 Å². The summed E-state index contributed by atoms with van der Waals surface area (Å²) in [5, 5.41) is 9.55. The molecule has 0 heterocycles. The number of allylic oxidation sites excluding steroid dienone is 1. The first-order chi connectivity index (χ1) is 11.5. The van der Waals surface area contributed by atoms with Crippen LogP contribution in [0, 0.1) is 0 Å². The van der Waals surface area contributed by atoms with Crippen molar-refractivity contribution in [2.45, 2.75) is 0 Å². The Morgan fingerprint density at radius 1 is 1.08 bits per heavy atom. The highest BCUT2D eigenvalue weighted by atomic mass is 16.5. The van der Waals surface area contributed by atoms with Crippen LogP contribution in [0.5, 0.6) is 17.2 Å². The average Bonchev–Trinajstić information content (AvgIpc) is 2.59.